The highest BCUT2D eigenvalue weighted by Gasteiger charge is 2.29. The lowest BCUT2D eigenvalue weighted by Crippen LogP contribution is -2.43. The van der Waals surface area contributed by atoms with E-state index >= 15 is 0 Å². The summed E-state index contributed by atoms with van der Waals surface area (Å²) in [6, 6.07) is 6.78. The van der Waals surface area contributed by atoms with Gasteiger partial charge < -0.3 is 4.90 Å². The fourth-order valence-electron chi connectivity index (χ4n) is 2.54. The van der Waals surface area contributed by atoms with Crippen LogP contribution >= 0.6 is 15.9 Å². The molecule has 1 unspecified atom stereocenters. The van der Waals surface area contributed by atoms with Crippen LogP contribution in [0.5, 0.6) is 0 Å². The van der Waals surface area contributed by atoms with E-state index in [9.17, 15) is 13.2 Å². The number of rotatable bonds is 4. The Kier molecular flexibility index (Phi) is 5.63. The van der Waals surface area contributed by atoms with Gasteiger partial charge in [-0.25, -0.2) is 8.42 Å². The van der Waals surface area contributed by atoms with Crippen LogP contribution in [0.25, 0.3) is 0 Å². The Morgan fingerprint density at radius 1 is 1.27 bits per heavy atom. The van der Waals surface area contributed by atoms with E-state index in [-0.39, 0.29) is 21.7 Å². The maximum absolute atomic E-state index is 12.4. The lowest BCUT2D eigenvalue weighted by molar-refractivity contribution is -0.130. The van der Waals surface area contributed by atoms with Gasteiger partial charge in [-0.2, -0.15) is 4.72 Å². The molecule has 0 aromatic heterocycles. The number of carbonyl (C=O) groups excluding carboxylic acids is 1. The molecule has 1 aromatic carbocycles. The fourth-order valence-corrected chi connectivity index (χ4v) is 4.92. The zero-order valence-corrected chi connectivity index (χ0v) is 15.2. The van der Waals surface area contributed by atoms with Gasteiger partial charge in [0, 0.05) is 20.0 Å². The van der Waals surface area contributed by atoms with E-state index < -0.39 is 10.0 Å². The van der Waals surface area contributed by atoms with E-state index in [0.717, 1.165) is 18.4 Å². The van der Waals surface area contributed by atoms with E-state index in [0.29, 0.717) is 13.1 Å². The number of piperidine rings is 1. The molecule has 7 heteroatoms. The second-order valence-corrected chi connectivity index (χ2v) is 8.38. The second kappa shape index (κ2) is 7.10. The summed E-state index contributed by atoms with van der Waals surface area (Å²) in [6.07, 6.45) is 1.57. The molecule has 22 heavy (non-hydrogen) atoms. The number of alkyl halides is 1. The monoisotopic (exact) mass is 388 g/mol. The predicted octanol–water partition coefficient (Wildman–Crippen LogP) is 2.25. The van der Waals surface area contributed by atoms with Crippen LogP contribution in [0.3, 0.4) is 0 Å². The van der Waals surface area contributed by atoms with Crippen molar-refractivity contribution < 1.29 is 13.2 Å². The number of nitrogens with one attached hydrogen (secondary N) is 1. The molecule has 0 saturated carbocycles. The first kappa shape index (κ1) is 17.4. The Bertz CT molecular complexity index is 623. The van der Waals surface area contributed by atoms with Crippen LogP contribution in [0.1, 0.15) is 25.3 Å². The van der Waals surface area contributed by atoms with Gasteiger partial charge in [0.15, 0.2) is 0 Å². The van der Waals surface area contributed by atoms with Crippen molar-refractivity contribution in [2.75, 3.05) is 13.1 Å². The number of aryl methyl sites for hydroxylation is 1. The van der Waals surface area contributed by atoms with Crippen molar-refractivity contribution in [3.05, 3.63) is 29.8 Å². The number of likely N-dealkylation sites (tertiary alicyclic amines) is 1. The summed E-state index contributed by atoms with van der Waals surface area (Å²) < 4.78 is 27.4. The topological polar surface area (TPSA) is 66.5 Å². The van der Waals surface area contributed by atoms with Crippen molar-refractivity contribution in [2.24, 2.45) is 5.92 Å². The van der Waals surface area contributed by atoms with Crippen LogP contribution in [-0.2, 0) is 14.8 Å². The molecule has 1 amide bonds. The van der Waals surface area contributed by atoms with Crippen LogP contribution < -0.4 is 4.72 Å². The first-order valence-electron chi connectivity index (χ1n) is 7.28. The van der Waals surface area contributed by atoms with E-state index in [1.807, 2.05) is 6.92 Å². The molecule has 1 aliphatic heterocycles. The summed E-state index contributed by atoms with van der Waals surface area (Å²) in [5, 5.41) is 0. The number of carbonyl (C=O) groups is 1. The summed E-state index contributed by atoms with van der Waals surface area (Å²) in [7, 11) is -3.53. The molecule has 1 atom stereocenters. The third-order valence-electron chi connectivity index (χ3n) is 4.00. The van der Waals surface area contributed by atoms with Gasteiger partial charge in [-0.3, -0.25) is 4.79 Å². The van der Waals surface area contributed by atoms with Crippen molar-refractivity contribution >= 4 is 31.9 Å². The largest absolute Gasteiger partial charge is 0.343 e. The Hall–Kier alpha value is -0.920. The molecule has 0 bridgehead atoms. The maximum atomic E-state index is 12.4. The lowest BCUT2D eigenvalue weighted by Gasteiger charge is -2.33. The van der Waals surface area contributed by atoms with Crippen molar-refractivity contribution in [2.45, 2.75) is 36.5 Å². The van der Waals surface area contributed by atoms with Crippen LogP contribution in [0.4, 0.5) is 0 Å². The molecule has 0 aliphatic carbocycles. The SMILES string of the molecule is CC(=O)N1CCC(C(Br)NS(=O)(=O)c2ccc(C)cc2)CC1. The van der Waals surface area contributed by atoms with Crippen molar-refractivity contribution in [3.8, 4) is 0 Å². The standard InChI is InChI=1S/C15H21BrN2O3S/c1-11-3-5-14(6-4-11)22(20,21)17-15(16)13-7-9-18(10-8-13)12(2)19/h3-6,13,15,17H,7-10H2,1-2H3. The van der Waals surface area contributed by atoms with Crippen molar-refractivity contribution in [3.63, 3.8) is 0 Å². The van der Waals surface area contributed by atoms with Crippen molar-refractivity contribution in [1.29, 1.82) is 0 Å². The summed E-state index contributed by atoms with van der Waals surface area (Å²) >= 11 is 3.45. The molecule has 1 fully saturated rings. The summed E-state index contributed by atoms with van der Waals surface area (Å²) in [5.74, 6) is 0.251. The quantitative estimate of drug-likeness (QED) is 0.635. The van der Waals surface area contributed by atoms with E-state index in [1.165, 1.54) is 0 Å². The number of sulfonamides is 1. The van der Waals surface area contributed by atoms with Gasteiger partial charge in [-0.15, -0.1) is 0 Å². The van der Waals surface area contributed by atoms with E-state index in [4.69, 9.17) is 0 Å². The average Bonchev–Trinajstić information content (AvgIpc) is 2.47. The minimum absolute atomic E-state index is 0.0739. The number of benzene rings is 1. The van der Waals surface area contributed by atoms with Crippen LogP contribution in [0.15, 0.2) is 29.2 Å². The van der Waals surface area contributed by atoms with Crippen LogP contribution in [0, 0.1) is 12.8 Å². The molecule has 1 aromatic rings. The molecule has 2 rings (SSSR count). The van der Waals surface area contributed by atoms with Gasteiger partial charge in [0.1, 0.15) is 0 Å². The molecule has 1 heterocycles. The number of hydrogen-bond donors (Lipinski definition) is 1. The van der Waals surface area contributed by atoms with Gasteiger partial charge in [0.25, 0.3) is 0 Å². The molecule has 122 valence electrons. The minimum Gasteiger partial charge on any atom is -0.343 e. The Morgan fingerprint density at radius 2 is 1.82 bits per heavy atom. The minimum atomic E-state index is -3.53. The smallest absolute Gasteiger partial charge is 0.241 e. The highest BCUT2D eigenvalue weighted by Crippen LogP contribution is 2.25. The second-order valence-electron chi connectivity index (χ2n) is 5.68. The highest BCUT2D eigenvalue weighted by molar-refractivity contribution is 9.09. The molecule has 5 nitrogen and oxygen atoms in total. The van der Waals surface area contributed by atoms with Crippen LogP contribution in [0.2, 0.25) is 0 Å². The fraction of sp³-hybridized carbons (Fsp3) is 0.533. The Balaban J connectivity index is 1.98. The summed E-state index contributed by atoms with van der Waals surface area (Å²) in [6.45, 7) is 4.83. The summed E-state index contributed by atoms with van der Waals surface area (Å²) in [5.41, 5.74) is 1.02. The van der Waals surface area contributed by atoms with Gasteiger partial charge >= 0.3 is 0 Å². The van der Waals surface area contributed by atoms with E-state index in [1.54, 1.807) is 36.1 Å². The molecular formula is C15H21BrN2O3S. The van der Waals surface area contributed by atoms with Crippen molar-refractivity contribution in [1.82, 2.24) is 9.62 Å². The molecule has 1 N–H and O–H groups in total. The van der Waals surface area contributed by atoms with Gasteiger partial charge in [-0.1, -0.05) is 33.6 Å². The average molecular weight is 389 g/mol. The lowest BCUT2D eigenvalue weighted by atomic mass is 9.97. The third-order valence-corrected chi connectivity index (χ3v) is 6.73. The normalized spacial score (nSPS) is 18.2. The van der Waals surface area contributed by atoms with Gasteiger partial charge in [0.2, 0.25) is 15.9 Å². The zero-order valence-electron chi connectivity index (χ0n) is 12.8. The molecule has 1 saturated heterocycles. The first-order chi connectivity index (χ1) is 10.3. The Labute approximate surface area is 140 Å². The molecular weight excluding hydrogens is 368 g/mol. The van der Waals surface area contributed by atoms with Gasteiger partial charge in [-0.05, 0) is 37.8 Å². The van der Waals surface area contributed by atoms with Crippen LogP contribution in [-0.4, -0.2) is 37.3 Å². The van der Waals surface area contributed by atoms with E-state index in [2.05, 4.69) is 20.7 Å². The van der Waals surface area contributed by atoms with Gasteiger partial charge in [0.05, 0.1) is 9.85 Å². The third kappa shape index (κ3) is 4.30. The number of nitrogens with zero attached hydrogens (tertiary/aromatic N) is 1. The molecule has 1 aliphatic rings. The molecule has 0 radical (unpaired) electrons. The number of halogens is 1. The zero-order chi connectivity index (χ0) is 16.3. The predicted molar refractivity (Wildman–Crippen MR) is 89.2 cm³/mol. The maximum Gasteiger partial charge on any atom is 0.241 e. The first-order valence-corrected chi connectivity index (χ1v) is 9.68. The number of hydrogen-bond acceptors (Lipinski definition) is 3. The molecule has 0 spiro atoms. The highest BCUT2D eigenvalue weighted by atomic mass is 79.9. The Morgan fingerprint density at radius 3 is 2.32 bits per heavy atom. The summed E-state index contributed by atoms with van der Waals surface area (Å²) in [4.78, 5) is 13.1. The number of amides is 1.